The van der Waals surface area contributed by atoms with Crippen LogP contribution in [-0.2, 0) is 12.2 Å². The molecule has 0 saturated carbocycles. The highest BCUT2D eigenvalue weighted by atomic mass is 32.2. The van der Waals surface area contributed by atoms with Gasteiger partial charge in [0.25, 0.3) is 0 Å². The van der Waals surface area contributed by atoms with Crippen molar-refractivity contribution in [1.29, 1.82) is 0 Å². The van der Waals surface area contributed by atoms with E-state index in [4.69, 9.17) is 14.2 Å². The van der Waals surface area contributed by atoms with Gasteiger partial charge in [-0.05, 0) is 36.2 Å². The predicted molar refractivity (Wildman–Crippen MR) is 100 cm³/mol. The third kappa shape index (κ3) is 4.31. The van der Waals surface area contributed by atoms with Gasteiger partial charge >= 0.3 is 0 Å². The molecule has 0 bridgehead atoms. The standard InChI is InChI=1S/C20H17FN2O3S/c1-2-15-9-19(26-16-7-8-17-18(10-16)25-12-24-17)23-20(22-15)27-11-13-3-5-14(21)6-4-13/h3-10H,2,11-12H2,1H3. The van der Waals surface area contributed by atoms with Crippen molar-refractivity contribution in [3.8, 4) is 23.1 Å². The fourth-order valence-electron chi connectivity index (χ4n) is 2.54. The summed E-state index contributed by atoms with van der Waals surface area (Å²) in [5.41, 5.74) is 1.90. The Morgan fingerprint density at radius 2 is 1.85 bits per heavy atom. The minimum atomic E-state index is -0.243. The Bertz CT molecular complexity index is 950. The molecule has 1 aliphatic rings. The number of fused-ring (bicyclic) bond motifs is 1. The summed E-state index contributed by atoms with van der Waals surface area (Å²) >= 11 is 1.48. The van der Waals surface area contributed by atoms with E-state index in [1.807, 2.05) is 25.1 Å². The summed E-state index contributed by atoms with van der Waals surface area (Å²) in [6.07, 6.45) is 0.768. The second-order valence-corrected chi connectivity index (χ2v) is 6.81. The van der Waals surface area contributed by atoms with E-state index < -0.39 is 0 Å². The molecule has 0 unspecified atom stereocenters. The number of ether oxygens (including phenoxy) is 3. The van der Waals surface area contributed by atoms with Crippen LogP contribution in [0.25, 0.3) is 0 Å². The van der Waals surface area contributed by atoms with Crippen molar-refractivity contribution in [1.82, 2.24) is 9.97 Å². The maximum Gasteiger partial charge on any atom is 0.231 e. The number of aromatic nitrogens is 2. The van der Waals surface area contributed by atoms with Crippen molar-refractivity contribution in [3.63, 3.8) is 0 Å². The van der Waals surface area contributed by atoms with E-state index in [1.165, 1.54) is 23.9 Å². The zero-order valence-electron chi connectivity index (χ0n) is 14.6. The lowest BCUT2D eigenvalue weighted by Crippen LogP contribution is -1.97. The molecule has 4 rings (SSSR count). The van der Waals surface area contributed by atoms with Crippen LogP contribution >= 0.6 is 11.8 Å². The van der Waals surface area contributed by atoms with Gasteiger partial charge in [-0.1, -0.05) is 30.8 Å². The van der Waals surface area contributed by atoms with Crippen LogP contribution in [0.3, 0.4) is 0 Å². The van der Waals surface area contributed by atoms with E-state index in [1.54, 1.807) is 18.2 Å². The summed E-state index contributed by atoms with van der Waals surface area (Å²) in [6.45, 7) is 2.25. The molecule has 0 spiro atoms. The van der Waals surface area contributed by atoms with Gasteiger partial charge in [-0.2, -0.15) is 4.98 Å². The first kappa shape index (κ1) is 17.6. The van der Waals surface area contributed by atoms with Gasteiger partial charge in [-0.3, -0.25) is 0 Å². The zero-order valence-corrected chi connectivity index (χ0v) is 15.5. The molecule has 0 atom stereocenters. The number of thioether (sulfide) groups is 1. The molecule has 0 fully saturated rings. The van der Waals surface area contributed by atoms with Crippen molar-refractivity contribution in [2.24, 2.45) is 0 Å². The van der Waals surface area contributed by atoms with Gasteiger partial charge in [0.15, 0.2) is 16.7 Å². The molecular weight excluding hydrogens is 367 g/mol. The Hall–Kier alpha value is -2.80. The maximum absolute atomic E-state index is 13.0. The molecule has 5 nitrogen and oxygen atoms in total. The molecule has 0 radical (unpaired) electrons. The molecular formula is C20H17FN2O3S. The number of halogens is 1. The third-order valence-corrected chi connectivity index (χ3v) is 4.86. The van der Waals surface area contributed by atoms with E-state index in [-0.39, 0.29) is 12.6 Å². The van der Waals surface area contributed by atoms with E-state index >= 15 is 0 Å². The first-order chi connectivity index (χ1) is 13.2. The summed E-state index contributed by atoms with van der Waals surface area (Å²) in [6, 6.07) is 13.6. The van der Waals surface area contributed by atoms with Gasteiger partial charge in [0.05, 0.1) is 0 Å². The number of hydrogen-bond donors (Lipinski definition) is 0. The third-order valence-electron chi connectivity index (χ3n) is 3.95. The van der Waals surface area contributed by atoms with Crippen LogP contribution in [0, 0.1) is 5.82 Å². The molecule has 27 heavy (non-hydrogen) atoms. The number of hydrogen-bond acceptors (Lipinski definition) is 6. The maximum atomic E-state index is 13.0. The number of rotatable bonds is 6. The van der Waals surface area contributed by atoms with Gasteiger partial charge in [0, 0.05) is 23.6 Å². The molecule has 3 aromatic rings. The first-order valence-electron chi connectivity index (χ1n) is 8.52. The fourth-order valence-corrected chi connectivity index (χ4v) is 3.36. The molecule has 2 heterocycles. The van der Waals surface area contributed by atoms with Crippen LogP contribution in [0.4, 0.5) is 4.39 Å². The van der Waals surface area contributed by atoms with Crippen molar-refractivity contribution in [2.45, 2.75) is 24.3 Å². The van der Waals surface area contributed by atoms with E-state index in [2.05, 4.69) is 9.97 Å². The minimum absolute atomic E-state index is 0.219. The van der Waals surface area contributed by atoms with Crippen molar-refractivity contribution < 1.29 is 18.6 Å². The van der Waals surface area contributed by atoms with Crippen molar-refractivity contribution in [3.05, 3.63) is 65.6 Å². The summed E-state index contributed by atoms with van der Waals surface area (Å²) in [5.74, 6) is 2.86. The van der Waals surface area contributed by atoms with E-state index in [0.717, 1.165) is 17.7 Å². The van der Waals surface area contributed by atoms with Gasteiger partial charge in [0.1, 0.15) is 11.6 Å². The molecule has 0 amide bonds. The highest BCUT2D eigenvalue weighted by Gasteiger charge is 2.15. The van der Waals surface area contributed by atoms with Crippen LogP contribution < -0.4 is 14.2 Å². The lowest BCUT2D eigenvalue weighted by Gasteiger charge is -2.09. The molecule has 1 aromatic heterocycles. The lowest BCUT2D eigenvalue weighted by atomic mass is 10.2. The molecule has 0 aliphatic carbocycles. The predicted octanol–water partition coefficient (Wildman–Crippen LogP) is 4.99. The van der Waals surface area contributed by atoms with Gasteiger partial charge in [-0.25, -0.2) is 9.37 Å². The van der Waals surface area contributed by atoms with Crippen LogP contribution in [0.1, 0.15) is 18.2 Å². The van der Waals surface area contributed by atoms with E-state index in [9.17, 15) is 4.39 Å². The monoisotopic (exact) mass is 384 g/mol. The molecule has 7 heteroatoms. The van der Waals surface area contributed by atoms with Crippen molar-refractivity contribution >= 4 is 11.8 Å². The molecule has 0 saturated heterocycles. The average Bonchev–Trinajstić information content (AvgIpc) is 3.15. The summed E-state index contributed by atoms with van der Waals surface area (Å²) in [5, 5.41) is 0.620. The Morgan fingerprint density at radius 1 is 1.04 bits per heavy atom. The highest BCUT2D eigenvalue weighted by Crippen LogP contribution is 2.36. The van der Waals surface area contributed by atoms with Crippen LogP contribution in [-0.4, -0.2) is 16.8 Å². The van der Waals surface area contributed by atoms with Gasteiger partial charge < -0.3 is 14.2 Å². The Kier molecular flexibility index (Phi) is 5.11. The highest BCUT2D eigenvalue weighted by molar-refractivity contribution is 7.98. The number of aryl methyl sites for hydroxylation is 1. The lowest BCUT2D eigenvalue weighted by molar-refractivity contribution is 0.174. The normalized spacial score (nSPS) is 12.2. The summed E-state index contributed by atoms with van der Waals surface area (Å²) in [7, 11) is 0. The van der Waals surface area contributed by atoms with Gasteiger partial charge in [0.2, 0.25) is 12.7 Å². The second kappa shape index (κ2) is 7.84. The Labute approximate surface area is 160 Å². The molecule has 2 aromatic carbocycles. The largest absolute Gasteiger partial charge is 0.454 e. The number of nitrogens with zero attached hydrogens (tertiary/aromatic N) is 2. The quantitative estimate of drug-likeness (QED) is 0.441. The molecule has 1 aliphatic heterocycles. The SMILES string of the molecule is CCc1cc(Oc2ccc3c(c2)OCO3)nc(SCc2ccc(F)cc2)n1. The van der Waals surface area contributed by atoms with Crippen molar-refractivity contribution in [2.75, 3.05) is 6.79 Å². The Morgan fingerprint density at radius 3 is 2.67 bits per heavy atom. The Balaban J connectivity index is 1.50. The average molecular weight is 384 g/mol. The van der Waals surface area contributed by atoms with Crippen LogP contribution in [0.15, 0.2) is 53.7 Å². The topological polar surface area (TPSA) is 53.5 Å². The minimum Gasteiger partial charge on any atom is -0.454 e. The number of benzene rings is 2. The molecule has 138 valence electrons. The van der Waals surface area contributed by atoms with Crippen LogP contribution in [0.5, 0.6) is 23.1 Å². The summed E-state index contributed by atoms with van der Waals surface area (Å²) in [4.78, 5) is 9.02. The zero-order chi connectivity index (χ0) is 18.6. The molecule has 0 N–H and O–H groups in total. The smallest absolute Gasteiger partial charge is 0.231 e. The van der Waals surface area contributed by atoms with Gasteiger partial charge in [-0.15, -0.1) is 0 Å². The van der Waals surface area contributed by atoms with E-state index in [0.29, 0.717) is 34.0 Å². The van der Waals surface area contributed by atoms with Crippen LogP contribution in [0.2, 0.25) is 0 Å². The second-order valence-electron chi connectivity index (χ2n) is 5.87. The summed E-state index contributed by atoms with van der Waals surface area (Å²) < 4.78 is 29.6. The fraction of sp³-hybridized carbons (Fsp3) is 0.200. The first-order valence-corrected chi connectivity index (χ1v) is 9.51.